The fourth-order valence-electron chi connectivity index (χ4n) is 16.8. The van der Waals surface area contributed by atoms with Crippen LogP contribution in [0, 0.1) is 11.3 Å². The van der Waals surface area contributed by atoms with Crippen LogP contribution < -0.4 is 0 Å². The van der Waals surface area contributed by atoms with Crippen LogP contribution in [0.4, 0.5) is 0 Å². The van der Waals surface area contributed by atoms with E-state index in [4.69, 9.17) is 9.97 Å². The third-order valence-corrected chi connectivity index (χ3v) is 20.4. The van der Waals surface area contributed by atoms with E-state index in [1.807, 2.05) is 24.3 Å². The summed E-state index contributed by atoms with van der Waals surface area (Å²) in [5.41, 5.74) is 31.1. The minimum atomic E-state index is -0.402. The van der Waals surface area contributed by atoms with Crippen LogP contribution in [0.15, 0.2) is 297 Å². The molecule has 0 aliphatic heterocycles. The van der Waals surface area contributed by atoms with E-state index in [-0.39, 0.29) is 0 Å². The Labute approximate surface area is 519 Å². The summed E-state index contributed by atoms with van der Waals surface area (Å²) in [7, 11) is 0. The maximum absolute atomic E-state index is 9.92. The van der Waals surface area contributed by atoms with Crippen LogP contribution in [0.3, 0.4) is 0 Å². The highest BCUT2D eigenvalue weighted by atomic mass is 15.2. The zero-order valence-corrected chi connectivity index (χ0v) is 48.5. The van der Waals surface area contributed by atoms with Gasteiger partial charge in [0.2, 0.25) is 5.95 Å². The van der Waals surface area contributed by atoms with E-state index < -0.39 is 10.8 Å². The number of aromatic nitrogens is 4. The molecule has 4 aliphatic carbocycles. The van der Waals surface area contributed by atoms with E-state index in [9.17, 15) is 5.26 Å². The molecule has 13 aromatic carbocycles. The normalized spacial score (nSPS) is 13.7. The molecule has 5 heteroatoms. The summed E-state index contributed by atoms with van der Waals surface area (Å²) >= 11 is 0. The molecule has 0 saturated heterocycles. The Morgan fingerprint density at radius 2 is 0.600 bits per heavy atom. The Morgan fingerprint density at radius 1 is 0.267 bits per heavy atom. The van der Waals surface area contributed by atoms with Gasteiger partial charge in [-0.3, -0.25) is 9.13 Å². The van der Waals surface area contributed by atoms with Crippen LogP contribution in [-0.2, 0) is 10.8 Å². The van der Waals surface area contributed by atoms with E-state index >= 15 is 0 Å². The number of para-hydroxylation sites is 2. The van der Waals surface area contributed by atoms with Crippen molar-refractivity contribution in [1.82, 2.24) is 19.1 Å². The molecule has 0 bridgehead atoms. The molecule has 2 spiro atoms. The third-order valence-electron chi connectivity index (χ3n) is 20.4. The van der Waals surface area contributed by atoms with Crippen molar-refractivity contribution in [3.63, 3.8) is 0 Å². The smallest absolute Gasteiger partial charge is 0.237 e. The van der Waals surface area contributed by atoms with E-state index in [1.165, 1.54) is 89.0 Å². The first kappa shape index (κ1) is 49.2. The van der Waals surface area contributed by atoms with Gasteiger partial charge in [0.25, 0.3) is 0 Å². The summed E-state index contributed by atoms with van der Waals surface area (Å²) in [6.45, 7) is 0. The number of fused-ring (bicyclic) bond motifs is 26. The van der Waals surface area contributed by atoms with Gasteiger partial charge >= 0.3 is 0 Å². The van der Waals surface area contributed by atoms with Crippen molar-refractivity contribution < 1.29 is 0 Å². The monoisotopic (exact) mass is 1140 g/mol. The van der Waals surface area contributed by atoms with Crippen molar-refractivity contribution in [1.29, 1.82) is 5.26 Å². The van der Waals surface area contributed by atoms with Gasteiger partial charge < -0.3 is 0 Å². The first-order chi connectivity index (χ1) is 44.6. The molecule has 0 radical (unpaired) electrons. The van der Waals surface area contributed by atoms with E-state index in [0.29, 0.717) is 11.5 Å². The van der Waals surface area contributed by atoms with Crippen molar-refractivity contribution in [2.24, 2.45) is 0 Å². The summed E-state index contributed by atoms with van der Waals surface area (Å²) in [6, 6.07) is 112. The van der Waals surface area contributed by atoms with Crippen LogP contribution >= 0.6 is 0 Å². The van der Waals surface area contributed by atoms with Crippen LogP contribution in [0.2, 0.25) is 0 Å². The molecule has 0 fully saturated rings. The summed E-state index contributed by atoms with van der Waals surface area (Å²) in [6.07, 6.45) is 0. The maximum Gasteiger partial charge on any atom is 0.237 e. The molecular weight excluding hydrogens is 1090 g/mol. The standard InChI is InChI=1S/C85H49N5/c86-50-51-33-35-52(36-34-51)77-49-82(89-78-31-15-7-23-63(78)67-47-55(39-43-80(67)89)53-37-41-75-65(45-53)61-21-5-13-29-73(61)84(75)69-25-9-1-17-57(69)58-18-2-10-26-70(58)84)88-83(87-77)90-79-32-16-8-24-64(79)68-48-56(40-44-81(68)90)54-38-42-76-66(46-54)62-22-6-14-30-74(62)85(76)71-27-11-3-19-59(71)60-20-4-12-28-72(60)85/h1-49H. The van der Waals surface area contributed by atoms with Crippen LogP contribution in [0.25, 0.3) is 133 Å². The molecule has 90 heavy (non-hydrogen) atoms. The lowest BCUT2D eigenvalue weighted by atomic mass is 9.70. The second-order valence-electron chi connectivity index (χ2n) is 24.6. The molecule has 4 aliphatic rings. The average molecular weight is 1140 g/mol. The van der Waals surface area contributed by atoms with Gasteiger partial charge in [-0.2, -0.15) is 10.2 Å². The highest BCUT2D eigenvalue weighted by Gasteiger charge is 2.53. The Kier molecular flexibility index (Phi) is 9.87. The van der Waals surface area contributed by atoms with E-state index in [1.54, 1.807) is 0 Å². The molecule has 0 atom stereocenters. The molecule has 414 valence electrons. The topological polar surface area (TPSA) is 59.4 Å². The fraction of sp³-hybridized carbons (Fsp3) is 0.0235. The van der Waals surface area contributed by atoms with Gasteiger partial charge in [-0.1, -0.05) is 231 Å². The SMILES string of the molecule is N#Cc1ccc(-c2cc(-n3c4ccccc4c4cc(-c5ccc6c(c5)-c5ccccc5C65c6ccccc6-c6ccccc65)ccc43)nc(-n3c4ccccc4c4cc(-c5ccc6c(c5)-c5ccccc5C65c6ccccc6-c6ccccc65)ccc43)n2)cc1. The minimum absolute atomic E-state index is 0.400. The number of rotatable bonds is 5. The van der Waals surface area contributed by atoms with Crippen LogP contribution in [0.1, 0.15) is 50.1 Å². The Bertz CT molecular complexity index is 5470. The van der Waals surface area contributed by atoms with Gasteiger partial charge in [0.1, 0.15) is 5.82 Å². The summed E-state index contributed by atoms with van der Waals surface area (Å²) < 4.78 is 4.53. The summed E-state index contributed by atoms with van der Waals surface area (Å²) in [5.74, 6) is 1.29. The predicted molar refractivity (Wildman–Crippen MR) is 364 cm³/mol. The average Bonchev–Trinajstić information content (AvgIpc) is 1.52. The maximum atomic E-state index is 9.92. The molecule has 16 aromatic rings. The summed E-state index contributed by atoms with van der Waals surface area (Å²) in [5, 5.41) is 14.4. The van der Waals surface area contributed by atoms with E-state index in [2.05, 4.69) is 288 Å². The van der Waals surface area contributed by atoms with Crippen molar-refractivity contribution in [3.05, 3.63) is 347 Å². The van der Waals surface area contributed by atoms with Crippen molar-refractivity contribution in [2.45, 2.75) is 10.8 Å². The molecule has 0 N–H and O–H groups in total. The summed E-state index contributed by atoms with van der Waals surface area (Å²) in [4.78, 5) is 11.1. The molecule has 5 nitrogen and oxygen atoms in total. The second kappa shape index (κ2) is 18.1. The lowest BCUT2D eigenvalue weighted by molar-refractivity contribution is 0.794. The number of hydrogen-bond donors (Lipinski definition) is 0. The molecule has 3 aromatic heterocycles. The number of nitrogens with zero attached hydrogens (tertiary/aromatic N) is 5. The van der Waals surface area contributed by atoms with Gasteiger partial charge in [0.05, 0.1) is 50.2 Å². The molecule has 20 rings (SSSR count). The Morgan fingerprint density at radius 3 is 1.04 bits per heavy atom. The van der Waals surface area contributed by atoms with Crippen molar-refractivity contribution >= 4 is 43.6 Å². The number of benzene rings is 13. The van der Waals surface area contributed by atoms with E-state index in [0.717, 1.165) is 82.9 Å². The molecule has 0 saturated carbocycles. The van der Waals surface area contributed by atoms with Gasteiger partial charge in [-0.15, -0.1) is 0 Å². The third kappa shape index (κ3) is 6.33. The minimum Gasteiger partial charge on any atom is -0.294 e. The van der Waals surface area contributed by atoms with Crippen molar-refractivity contribution in [3.8, 4) is 95.9 Å². The molecular formula is C85H49N5. The quantitative estimate of drug-likeness (QED) is 0.173. The molecule has 0 unspecified atom stereocenters. The molecule has 0 amide bonds. The highest BCUT2D eigenvalue weighted by molar-refractivity contribution is 6.12. The highest BCUT2D eigenvalue weighted by Crippen LogP contribution is 2.65. The Balaban J connectivity index is 0.740. The zero-order chi connectivity index (χ0) is 59.0. The fourth-order valence-corrected chi connectivity index (χ4v) is 16.8. The lowest BCUT2D eigenvalue weighted by Crippen LogP contribution is -2.25. The van der Waals surface area contributed by atoms with Crippen molar-refractivity contribution in [2.75, 3.05) is 0 Å². The van der Waals surface area contributed by atoms with Gasteiger partial charge in [-0.25, -0.2) is 4.98 Å². The van der Waals surface area contributed by atoms with Gasteiger partial charge in [0, 0.05) is 33.2 Å². The first-order valence-corrected chi connectivity index (χ1v) is 30.9. The van der Waals surface area contributed by atoms with Crippen LogP contribution in [-0.4, -0.2) is 19.1 Å². The predicted octanol–water partition coefficient (Wildman–Crippen LogP) is 20.2. The number of nitriles is 1. The number of hydrogen-bond acceptors (Lipinski definition) is 3. The van der Waals surface area contributed by atoms with Crippen LogP contribution in [0.5, 0.6) is 0 Å². The molecule has 3 heterocycles. The first-order valence-electron chi connectivity index (χ1n) is 30.9. The Hall–Kier alpha value is -12.0. The lowest BCUT2D eigenvalue weighted by Gasteiger charge is -2.30. The van der Waals surface area contributed by atoms with Gasteiger partial charge in [-0.05, 0) is 172 Å². The zero-order valence-electron chi connectivity index (χ0n) is 48.5. The largest absolute Gasteiger partial charge is 0.294 e. The van der Waals surface area contributed by atoms with Gasteiger partial charge in [0.15, 0.2) is 0 Å². The second-order valence-corrected chi connectivity index (χ2v) is 24.6.